The molecule has 0 spiro atoms. The molecule has 0 amide bonds. The van der Waals surface area contributed by atoms with E-state index in [1.807, 2.05) is 32.4 Å². The predicted octanol–water partition coefficient (Wildman–Crippen LogP) is 2.65. The van der Waals surface area contributed by atoms with Crippen LogP contribution < -0.4 is 5.32 Å². The van der Waals surface area contributed by atoms with Crippen molar-refractivity contribution < 1.29 is 0 Å². The highest BCUT2D eigenvalue weighted by molar-refractivity contribution is 5.54. The zero-order valence-electron chi connectivity index (χ0n) is 11.9. The molecule has 2 heterocycles. The lowest BCUT2D eigenvalue weighted by Crippen LogP contribution is -2.22. The molecule has 0 saturated carbocycles. The number of rotatable bonds is 4. The Morgan fingerprint density at radius 2 is 1.74 bits per heavy atom. The van der Waals surface area contributed by atoms with Crippen molar-refractivity contribution in [2.45, 2.75) is 40.3 Å². The number of hydrogen-bond donors (Lipinski definition) is 1. The summed E-state index contributed by atoms with van der Waals surface area (Å²) in [4.78, 5) is 13.2. The van der Waals surface area contributed by atoms with Crippen molar-refractivity contribution >= 4 is 0 Å². The third-order valence-electron chi connectivity index (χ3n) is 2.85. The van der Waals surface area contributed by atoms with Gasteiger partial charge >= 0.3 is 0 Å². The molecule has 0 radical (unpaired) electrons. The Morgan fingerprint density at radius 1 is 1.05 bits per heavy atom. The quantitative estimate of drug-likeness (QED) is 0.913. The van der Waals surface area contributed by atoms with Gasteiger partial charge in [0.2, 0.25) is 0 Å². The van der Waals surface area contributed by atoms with Crippen molar-refractivity contribution in [3.63, 3.8) is 0 Å². The Kier molecular flexibility index (Phi) is 4.22. The summed E-state index contributed by atoms with van der Waals surface area (Å²) >= 11 is 0. The zero-order valence-corrected chi connectivity index (χ0v) is 11.9. The first kappa shape index (κ1) is 13.6. The van der Waals surface area contributed by atoms with Crippen LogP contribution in [0.15, 0.2) is 24.7 Å². The van der Waals surface area contributed by atoms with E-state index in [0.29, 0.717) is 11.9 Å². The maximum absolute atomic E-state index is 4.41. The van der Waals surface area contributed by atoms with Gasteiger partial charge in [-0.3, -0.25) is 4.98 Å². The van der Waals surface area contributed by atoms with Gasteiger partial charge in [-0.1, -0.05) is 19.9 Å². The smallest absolute Gasteiger partial charge is 0.178 e. The van der Waals surface area contributed by atoms with Crippen molar-refractivity contribution in [2.24, 2.45) is 0 Å². The molecule has 100 valence electrons. The van der Waals surface area contributed by atoms with Gasteiger partial charge in [-0.05, 0) is 25.0 Å². The molecule has 4 nitrogen and oxygen atoms in total. The van der Waals surface area contributed by atoms with Crippen LogP contribution in [0, 0.1) is 13.8 Å². The Morgan fingerprint density at radius 3 is 2.32 bits per heavy atom. The molecule has 0 unspecified atom stereocenters. The van der Waals surface area contributed by atoms with E-state index in [2.05, 4.69) is 40.2 Å². The van der Waals surface area contributed by atoms with Crippen LogP contribution in [0.3, 0.4) is 0 Å². The highest BCUT2D eigenvalue weighted by Crippen LogP contribution is 2.17. The van der Waals surface area contributed by atoms with Crippen LogP contribution in [-0.4, -0.2) is 21.0 Å². The largest absolute Gasteiger partial charge is 0.310 e. The fourth-order valence-corrected chi connectivity index (χ4v) is 1.84. The molecule has 0 aliphatic carbocycles. The van der Waals surface area contributed by atoms with Crippen molar-refractivity contribution in [1.82, 2.24) is 20.3 Å². The second-order valence-electron chi connectivity index (χ2n) is 5.13. The number of aromatic nitrogens is 3. The van der Waals surface area contributed by atoms with Gasteiger partial charge in [0.25, 0.3) is 0 Å². The van der Waals surface area contributed by atoms with Crippen LogP contribution in [0.1, 0.15) is 30.5 Å². The number of aryl methyl sites for hydroxylation is 2. The first-order valence-corrected chi connectivity index (χ1v) is 6.54. The second-order valence-corrected chi connectivity index (χ2v) is 5.13. The summed E-state index contributed by atoms with van der Waals surface area (Å²) < 4.78 is 0. The molecule has 2 aromatic heterocycles. The third kappa shape index (κ3) is 3.58. The maximum atomic E-state index is 4.41. The molecule has 19 heavy (non-hydrogen) atoms. The number of hydrogen-bond acceptors (Lipinski definition) is 4. The van der Waals surface area contributed by atoms with E-state index in [1.54, 1.807) is 0 Å². The summed E-state index contributed by atoms with van der Waals surface area (Å²) in [6.45, 7) is 9.10. The van der Waals surface area contributed by atoms with Crippen molar-refractivity contribution in [3.8, 4) is 11.5 Å². The average molecular weight is 256 g/mol. The van der Waals surface area contributed by atoms with Crippen LogP contribution in [0.25, 0.3) is 11.5 Å². The highest BCUT2D eigenvalue weighted by Gasteiger charge is 2.07. The van der Waals surface area contributed by atoms with Crippen LogP contribution in [0.5, 0.6) is 0 Å². The first-order valence-electron chi connectivity index (χ1n) is 6.54. The van der Waals surface area contributed by atoms with Gasteiger partial charge in [0.05, 0.1) is 0 Å². The molecule has 0 aliphatic rings. The van der Waals surface area contributed by atoms with Crippen molar-refractivity contribution in [3.05, 3.63) is 41.3 Å². The molecule has 0 aliphatic heterocycles. The van der Waals surface area contributed by atoms with Crippen molar-refractivity contribution in [2.75, 3.05) is 0 Å². The van der Waals surface area contributed by atoms with Crippen LogP contribution in [0.4, 0.5) is 0 Å². The summed E-state index contributed by atoms with van der Waals surface area (Å²) in [6.07, 6.45) is 5.57. The summed E-state index contributed by atoms with van der Waals surface area (Å²) in [6, 6.07) is 2.56. The minimum Gasteiger partial charge on any atom is -0.310 e. The number of pyridine rings is 1. The molecule has 2 aromatic rings. The lowest BCUT2D eigenvalue weighted by Gasteiger charge is -2.08. The minimum absolute atomic E-state index is 0.459. The third-order valence-corrected chi connectivity index (χ3v) is 2.85. The molecule has 2 rings (SSSR count). The van der Waals surface area contributed by atoms with E-state index in [9.17, 15) is 0 Å². The maximum Gasteiger partial charge on any atom is 0.178 e. The van der Waals surface area contributed by atoms with Gasteiger partial charge in [-0.25, -0.2) is 9.97 Å². The monoisotopic (exact) mass is 256 g/mol. The minimum atomic E-state index is 0.459. The summed E-state index contributed by atoms with van der Waals surface area (Å²) in [5.74, 6) is 0.686. The van der Waals surface area contributed by atoms with E-state index in [1.165, 1.54) is 0 Å². The molecule has 0 aromatic carbocycles. The fraction of sp³-hybridized carbons (Fsp3) is 0.400. The average Bonchev–Trinajstić information content (AvgIpc) is 2.37. The fourth-order valence-electron chi connectivity index (χ4n) is 1.84. The molecule has 0 saturated heterocycles. The lowest BCUT2D eigenvalue weighted by atomic mass is 10.1. The summed E-state index contributed by atoms with van der Waals surface area (Å²) in [5, 5.41) is 3.34. The Hall–Kier alpha value is -1.81. The Balaban J connectivity index is 2.18. The first-order chi connectivity index (χ1) is 9.06. The summed E-state index contributed by atoms with van der Waals surface area (Å²) in [7, 11) is 0. The van der Waals surface area contributed by atoms with Crippen LogP contribution in [-0.2, 0) is 6.54 Å². The predicted molar refractivity (Wildman–Crippen MR) is 76.7 cm³/mol. The molecule has 0 bridgehead atoms. The molecule has 0 atom stereocenters. The molecule has 0 fully saturated rings. The topological polar surface area (TPSA) is 50.7 Å². The second kappa shape index (κ2) is 5.89. The molecular formula is C15H20N4. The Labute approximate surface area is 114 Å². The van der Waals surface area contributed by atoms with Crippen LogP contribution >= 0.6 is 0 Å². The number of nitrogens with one attached hydrogen (secondary N) is 1. The molecule has 1 N–H and O–H groups in total. The molecular weight excluding hydrogens is 236 g/mol. The number of nitrogens with zero attached hydrogens (tertiary/aromatic N) is 3. The van der Waals surface area contributed by atoms with E-state index in [-0.39, 0.29) is 0 Å². The van der Waals surface area contributed by atoms with Gasteiger partial charge in [0.1, 0.15) is 5.69 Å². The molecule has 4 heteroatoms. The van der Waals surface area contributed by atoms with Crippen molar-refractivity contribution in [1.29, 1.82) is 0 Å². The van der Waals surface area contributed by atoms with E-state index >= 15 is 0 Å². The standard InChI is InChI=1S/C15H20N4/c1-10(2)16-7-13-8-18-15(19-9-13)14-12(4)5-11(3)6-17-14/h5-6,8-10,16H,7H2,1-4H3. The van der Waals surface area contributed by atoms with Gasteiger partial charge in [0.15, 0.2) is 5.82 Å². The SMILES string of the molecule is Cc1cnc(-c2ncc(CNC(C)C)cn2)c(C)c1. The van der Waals surface area contributed by atoms with Crippen LogP contribution in [0.2, 0.25) is 0 Å². The van der Waals surface area contributed by atoms with Gasteiger partial charge in [-0.2, -0.15) is 0 Å². The Bertz CT molecular complexity index is 547. The highest BCUT2D eigenvalue weighted by atomic mass is 14.9. The van der Waals surface area contributed by atoms with Gasteiger partial charge < -0.3 is 5.32 Å². The summed E-state index contributed by atoms with van der Waals surface area (Å²) in [5.41, 5.74) is 4.20. The van der Waals surface area contributed by atoms with Gasteiger partial charge in [-0.15, -0.1) is 0 Å². The normalized spacial score (nSPS) is 11.0. The van der Waals surface area contributed by atoms with Gasteiger partial charge in [0, 0.05) is 36.7 Å². The lowest BCUT2D eigenvalue weighted by molar-refractivity contribution is 0.587. The van der Waals surface area contributed by atoms with E-state index in [4.69, 9.17) is 0 Å². The van der Waals surface area contributed by atoms with E-state index in [0.717, 1.165) is 28.9 Å². The zero-order chi connectivity index (χ0) is 13.8. The van der Waals surface area contributed by atoms with E-state index < -0.39 is 0 Å².